The molecule has 1 aromatic carbocycles. The van der Waals surface area contributed by atoms with Crippen molar-refractivity contribution in [3.05, 3.63) is 35.9 Å². The van der Waals surface area contributed by atoms with Gasteiger partial charge in [0.25, 0.3) is 0 Å². The minimum absolute atomic E-state index is 0.105. The van der Waals surface area contributed by atoms with E-state index in [1.807, 2.05) is 30.3 Å². The SMILES string of the molecule is O=C(NC1CCC(=NO)CC1)OCc1ccccc1. The zero-order valence-corrected chi connectivity index (χ0v) is 10.7. The number of nitrogens with zero attached hydrogens (tertiary/aromatic N) is 1. The Kier molecular flexibility index (Phi) is 4.78. The maximum absolute atomic E-state index is 11.6. The van der Waals surface area contributed by atoms with Gasteiger partial charge >= 0.3 is 6.09 Å². The van der Waals surface area contributed by atoms with Gasteiger partial charge in [-0.3, -0.25) is 0 Å². The van der Waals surface area contributed by atoms with Gasteiger partial charge in [-0.15, -0.1) is 0 Å². The van der Waals surface area contributed by atoms with Gasteiger partial charge in [0, 0.05) is 6.04 Å². The van der Waals surface area contributed by atoms with Crippen LogP contribution >= 0.6 is 0 Å². The standard InChI is InChI=1S/C14H18N2O3/c17-14(19-10-11-4-2-1-3-5-11)15-12-6-8-13(16-18)9-7-12/h1-5,12,18H,6-10H2,(H,15,17). The Hall–Kier alpha value is -2.04. The number of hydrogen-bond acceptors (Lipinski definition) is 4. The average molecular weight is 262 g/mol. The Balaban J connectivity index is 1.70. The fraction of sp³-hybridized carbons (Fsp3) is 0.429. The van der Waals surface area contributed by atoms with Gasteiger partial charge in [-0.2, -0.15) is 0 Å². The predicted octanol–water partition coefficient (Wildman–Crippen LogP) is 2.69. The molecule has 1 fully saturated rings. The first-order valence-electron chi connectivity index (χ1n) is 6.45. The summed E-state index contributed by atoms with van der Waals surface area (Å²) in [4.78, 5) is 11.6. The van der Waals surface area contributed by atoms with Gasteiger partial charge in [0.2, 0.25) is 0 Å². The lowest BCUT2D eigenvalue weighted by Gasteiger charge is -2.23. The van der Waals surface area contributed by atoms with Gasteiger partial charge in [-0.25, -0.2) is 4.79 Å². The molecule has 0 unspecified atom stereocenters. The zero-order valence-electron chi connectivity index (χ0n) is 10.7. The molecule has 0 spiro atoms. The number of hydrogen-bond donors (Lipinski definition) is 2. The number of amides is 1. The van der Waals surface area contributed by atoms with Crippen molar-refractivity contribution in [3.8, 4) is 0 Å². The van der Waals surface area contributed by atoms with Gasteiger partial charge in [0.15, 0.2) is 0 Å². The monoisotopic (exact) mass is 262 g/mol. The minimum Gasteiger partial charge on any atom is -0.445 e. The molecular weight excluding hydrogens is 244 g/mol. The summed E-state index contributed by atoms with van der Waals surface area (Å²) in [5, 5.41) is 14.7. The van der Waals surface area contributed by atoms with Crippen LogP contribution in [0.4, 0.5) is 4.79 Å². The van der Waals surface area contributed by atoms with Crippen LogP contribution in [0.2, 0.25) is 0 Å². The Bertz CT molecular complexity index is 435. The fourth-order valence-electron chi connectivity index (χ4n) is 2.13. The maximum atomic E-state index is 11.6. The van der Waals surface area contributed by atoms with Crippen LogP contribution in [-0.2, 0) is 11.3 Å². The third-order valence-corrected chi connectivity index (χ3v) is 3.24. The molecule has 2 rings (SSSR count). The van der Waals surface area contributed by atoms with Crippen molar-refractivity contribution >= 4 is 11.8 Å². The van der Waals surface area contributed by atoms with E-state index in [2.05, 4.69) is 10.5 Å². The second kappa shape index (κ2) is 6.78. The van der Waals surface area contributed by atoms with Crippen molar-refractivity contribution in [3.63, 3.8) is 0 Å². The molecule has 1 aliphatic rings. The molecule has 0 bridgehead atoms. The van der Waals surface area contributed by atoms with Crippen molar-refractivity contribution in [2.24, 2.45) is 5.16 Å². The number of alkyl carbamates (subject to hydrolysis) is 1. The first-order valence-corrected chi connectivity index (χ1v) is 6.45. The topological polar surface area (TPSA) is 70.9 Å². The molecule has 102 valence electrons. The van der Waals surface area contributed by atoms with E-state index >= 15 is 0 Å². The van der Waals surface area contributed by atoms with E-state index < -0.39 is 6.09 Å². The van der Waals surface area contributed by atoms with Gasteiger partial charge in [-0.1, -0.05) is 35.5 Å². The van der Waals surface area contributed by atoms with Crippen LogP contribution in [0.25, 0.3) is 0 Å². The molecule has 0 saturated heterocycles. The fourth-order valence-corrected chi connectivity index (χ4v) is 2.13. The molecule has 0 aromatic heterocycles. The molecule has 1 amide bonds. The van der Waals surface area contributed by atoms with Crippen molar-refractivity contribution in [2.45, 2.75) is 38.3 Å². The molecule has 0 atom stereocenters. The van der Waals surface area contributed by atoms with E-state index in [9.17, 15) is 4.79 Å². The lowest BCUT2D eigenvalue weighted by atomic mass is 9.94. The van der Waals surface area contributed by atoms with Crippen molar-refractivity contribution in [1.29, 1.82) is 0 Å². The van der Waals surface area contributed by atoms with E-state index in [1.54, 1.807) is 0 Å². The molecule has 5 nitrogen and oxygen atoms in total. The summed E-state index contributed by atoms with van der Waals surface area (Å²) < 4.78 is 5.15. The van der Waals surface area contributed by atoms with Crippen LogP contribution in [-0.4, -0.2) is 23.1 Å². The molecule has 2 N–H and O–H groups in total. The van der Waals surface area contributed by atoms with Crippen molar-refractivity contribution in [2.75, 3.05) is 0 Å². The lowest BCUT2D eigenvalue weighted by molar-refractivity contribution is 0.134. The molecule has 0 aliphatic heterocycles. The highest BCUT2D eigenvalue weighted by Gasteiger charge is 2.20. The van der Waals surface area contributed by atoms with Crippen LogP contribution in [0.3, 0.4) is 0 Å². The molecule has 1 saturated carbocycles. The third kappa shape index (κ3) is 4.28. The van der Waals surface area contributed by atoms with Gasteiger partial charge in [0.05, 0.1) is 5.71 Å². The van der Waals surface area contributed by atoms with E-state index in [-0.39, 0.29) is 12.6 Å². The number of ether oxygens (including phenoxy) is 1. The van der Waals surface area contributed by atoms with Gasteiger partial charge < -0.3 is 15.3 Å². The molecule has 0 heterocycles. The first kappa shape index (κ1) is 13.4. The van der Waals surface area contributed by atoms with Crippen molar-refractivity contribution in [1.82, 2.24) is 5.32 Å². The summed E-state index contributed by atoms with van der Waals surface area (Å²) in [5.41, 5.74) is 1.77. The molecule has 5 heteroatoms. The van der Waals surface area contributed by atoms with E-state index in [1.165, 1.54) is 0 Å². The number of carbonyl (C=O) groups is 1. The molecular formula is C14H18N2O3. The average Bonchev–Trinajstić information content (AvgIpc) is 2.47. The first-order chi connectivity index (χ1) is 9.28. The van der Waals surface area contributed by atoms with Crippen LogP contribution < -0.4 is 5.32 Å². The number of carbonyl (C=O) groups excluding carboxylic acids is 1. The summed E-state index contributed by atoms with van der Waals surface area (Å²) in [5.74, 6) is 0. The molecule has 1 aromatic rings. The summed E-state index contributed by atoms with van der Waals surface area (Å²) in [7, 11) is 0. The smallest absolute Gasteiger partial charge is 0.407 e. The normalized spacial score (nSPS) is 18.7. The van der Waals surface area contributed by atoms with Crippen LogP contribution in [0.1, 0.15) is 31.2 Å². The molecule has 19 heavy (non-hydrogen) atoms. The lowest BCUT2D eigenvalue weighted by Crippen LogP contribution is -2.38. The van der Waals surface area contributed by atoms with E-state index in [4.69, 9.17) is 9.94 Å². The molecule has 1 aliphatic carbocycles. The second-order valence-electron chi connectivity index (χ2n) is 4.65. The Labute approximate surface area is 112 Å². The van der Waals surface area contributed by atoms with Crippen LogP contribution in [0, 0.1) is 0 Å². The quantitative estimate of drug-likeness (QED) is 0.650. The maximum Gasteiger partial charge on any atom is 0.407 e. The highest BCUT2D eigenvalue weighted by Crippen LogP contribution is 2.16. The highest BCUT2D eigenvalue weighted by molar-refractivity contribution is 5.84. The summed E-state index contributed by atoms with van der Waals surface area (Å²) in [6.07, 6.45) is 2.64. The van der Waals surface area contributed by atoms with E-state index in [0.717, 1.165) is 37.0 Å². The number of benzene rings is 1. The van der Waals surface area contributed by atoms with Crippen LogP contribution in [0.5, 0.6) is 0 Å². The Morgan fingerprint density at radius 1 is 1.32 bits per heavy atom. The number of rotatable bonds is 3. The summed E-state index contributed by atoms with van der Waals surface area (Å²) in [6, 6.07) is 9.68. The van der Waals surface area contributed by atoms with Crippen LogP contribution in [0.15, 0.2) is 35.5 Å². The number of oxime groups is 1. The Morgan fingerprint density at radius 3 is 2.63 bits per heavy atom. The minimum atomic E-state index is -0.391. The van der Waals surface area contributed by atoms with Crippen molar-refractivity contribution < 1.29 is 14.7 Å². The zero-order chi connectivity index (χ0) is 13.5. The number of nitrogens with one attached hydrogen (secondary N) is 1. The predicted molar refractivity (Wildman–Crippen MR) is 71.2 cm³/mol. The summed E-state index contributed by atoms with van der Waals surface area (Å²) in [6.45, 7) is 0.280. The summed E-state index contributed by atoms with van der Waals surface area (Å²) >= 11 is 0. The largest absolute Gasteiger partial charge is 0.445 e. The van der Waals surface area contributed by atoms with Gasteiger partial charge in [0.1, 0.15) is 6.61 Å². The Morgan fingerprint density at radius 2 is 2.00 bits per heavy atom. The second-order valence-corrected chi connectivity index (χ2v) is 4.65. The van der Waals surface area contributed by atoms with E-state index in [0.29, 0.717) is 0 Å². The highest BCUT2D eigenvalue weighted by atomic mass is 16.5. The van der Waals surface area contributed by atoms with Gasteiger partial charge in [-0.05, 0) is 31.2 Å². The molecule has 0 radical (unpaired) electrons. The third-order valence-electron chi connectivity index (χ3n) is 3.24.